The lowest BCUT2D eigenvalue weighted by molar-refractivity contribution is -0.134. The molecule has 1 rings (SSSR count). The van der Waals surface area contributed by atoms with Crippen LogP contribution in [0.1, 0.15) is 45.4 Å². The van der Waals surface area contributed by atoms with E-state index in [1.54, 1.807) is 0 Å². The van der Waals surface area contributed by atoms with Gasteiger partial charge in [-0.3, -0.25) is 4.79 Å². The van der Waals surface area contributed by atoms with Crippen molar-refractivity contribution >= 4 is 18.4 Å². The zero-order chi connectivity index (χ0) is 11.7. The van der Waals surface area contributed by atoms with Gasteiger partial charge in [0, 0.05) is 6.92 Å². The van der Waals surface area contributed by atoms with Crippen molar-refractivity contribution in [3.05, 3.63) is 12.7 Å². The van der Waals surface area contributed by atoms with E-state index in [2.05, 4.69) is 6.58 Å². The van der Waals surface area contributed by atoms with Crippen molar-refractivity contribution in [2.45, 2.75) is 45.4 Å². The number of carboxylic acid groups (broad SMARTS) is 1. The van der Waals surface area contributed by atoms with Crippen molar-refractivity contribution < 1.29 is 9.90 Å². The Hall–Kier alpha value is -0.540. The normalized spacial score (nSPS) is 17.4. The number of allylic oxidation sites excluding steroid dienone is 1. The van der Waals surface area contributed by atoms with Crippen LogP contribution >= 0.6 is 12.4 Å². The van der Waals surface area contributed by atoms with Gasteiger partial charge in [0.25, 0.3) is 5.97 Å². The Morgan fingerprint density at radius 3 is 2.19 bits per heavy atom. The van der Waals surface area contributed by atoms with E-state index >= 15 is 0 Å². The highest BCUT2D eigenvalue weighted by atomic mass is 35.5. The lowest BCUT2D eigenvalue weighted by Gasteiger charge is -2.35. The van der Waals surface area contributed by atoms with Gasteiger partial charge in [-0.25, -0.2) is 0 Å². The maximum atomic E-state index is 9.00. The largest absolute Gasteiger partial charge is 0.481 e. The minimum Gasteiger partial charge on any atom is -0.481 e. The standard InChI is InChI=1S/C10H19N.C2H4O2.ClH/c1-2-6-10(9-11)7-4-3-5-8-10;1-2(3)4;/h2H,1,3-9,11H2;1H3,(H,3,4);1H. The first kappa shape index (κ1) is 17.8. The Bertz CT molecular complexity index is 197. The molecule has 1 fully saturated rings. The molecule has 96 valence electrons. The molecule has 0 spiro atoms. The van der Waals surface area contributed by atoms with E-state index in [9.17, 15) is 0 Å². The summed E-state index contributed by atoms with van der Waals surface area (Å²) < 4.78 is 0. The maximum Gasteiger partial charge on any atom is 0.300 e. The summed E-state index contributed by atoms with van der Waals surface area (Å²) >= 11 is 0. The van der Waals surface area contributed by atoms with Gasteiger partial charge in [-0.15, -0.1) is 19.0 Å². The van der Waals surface area contributed by atoms with Crippen molar-refractivity contribution in [2.75, 3.05) is 6.54 Å². The van der Waals surface area contributed by atoms with Gasteiger partial charge in [0.15, 0.2) is 0 Å². The molecule has 0 aromatic heterocycles. The number of carbonyl (C=O) groups is 1. The number of nitrogens with two attached hydrogens (primary N) is 1. The second-order valence-electron chi connectivity index (χ2n) is 4.28. The number of hydrogen-bond acceptors (Lipinski definition) is 2. The lowest BCUT2D eigenvalue weighted by Crippen LogP contribution is -2.32. The van der Waals surface area contributed by atoms with Crippen LogP contribution in [0.15, 0.2) is 12.7 Å². The fourth-order valence-electron chi connectivity index (χ4n) is 2.10. The van der Waals surface area contributed by atoms with Crippen molar-refractivity contribution in [2.24, 2.45) is 11.1 Å². The molecular formula is C12H24ClNO2. The summed E-state index contributed by atoms with van der Waals surface area (Å²) in [5.41, 5.74) is 6.21. The highest BCUT2D eigenvalue weighted by Crippen LogP contribution is 2.38. The highest BCUT2D eigenvalue weighted by Gasteiger charge is 2.28. The topological polar surface area (TPSA) is 63.3 Å². The molecule has 0 aromatic rings. The number of hydrogen-bond donors (Lipinski definition) is 2. The first-order valence-corrected chi connectivity index (χ1v) is 5.57. The molecule has 3 nitrogen and oxygen atoms in total. The zero-order valence-corrected chi connectivity index (χ0v) is 10.9. The van der Waals surface area contributed by atoms with Crippen LogP contribution in [0.4, 0.5) is 0 Å². The van der Waals surface area contributed by atoms with Crippen molar-refractivity contribution in [1.82, 2.24) is 0 Å². The van der Waals surface area contributed by atoms with Crippen molar-refractivity contribution in [3.63, 3.8) is 0 Å². The first-order valence-electron chi connectivity index (χ1n) is 5.57. The molecule has 0 aromatic carbocycles. The average Bonchev–Trinajstić information content (AvgIpc) is 2.19. The Balaban J connectivity index is 0. The number of rotatable bonds is 3. The van der Waals surface area contributed by atoms with Crippen LogP contribution in [-0.4, -0.2) is 17.6 Å². The molecule has 0 radical (unpaired) electrons. The van der Waals surface area contributed by atoms with E-state index in [-0.39, 0.29) is 12.4 Å². The quantitative estimate of drug-likeness (QED) is 0.756. The van der Waals surface area contributed by atoms with E-state index in [1.807, 2.05) is 6.08 Å². The smallest absolute Gasteiger partial charge is 0.300 e. The summed E-state index contributed by atoms with van der Waals surface area (Å²) in [7, 11) is 0. The number of halogens is 1. The van der Waals surface area contributed by atoms with Gasteiger partial charge in [0.2, 0.25) is 0 Å². The molecule has 0 saturated heterocycles. The van der Waals surface area contributed by atoms with Crippen LogP contribution in [0, 0.1) is 5.41 Å². The van der Waals surface area contributed by atoms with Crippen LogP contribution in [0.25, 0.3) is 0 Å². The van der Waals surface area contributed by atoms with Crippen molar-refractivity contribution in [1.29, 1.82) is 0 Å². The van der Waals surface area contributed by atoms with E-state index in [4.69, 9.17) is 15.6 Å². The fraction of sp³-hybridized carbons (Fsp3) is 0.750. The summed E-state index contributed by atoms with van der Waals surface area (Å²) in [6, 6.07) is 0. The predicted molar refractivity (Wildman–Crippen MR) is 69.9 cm³/mol. The third kappa shape index (κ3) is 7.71. The third-order valence-electron chi connectivity index (χ3n) is 2.92. The third-order valence-corrected chi connectivity index (χ3v) is 2.92. The molecule has 0 amide bonds. The van der Waals surface area contributed by atoms with E-state index in [0.717, 1.165) is 19.9 Å². The predicted octanol–water partition coefficient (Wildman–Crippen LogP) is 2.98. The zero-order valence-electron chi connectivity index (χ0n) is 10.1. The number of carboxylic acids is 1. The van der Waals surface area contributed by atoms with Gasteiger partial charge in [0.05, 0.1) is 0 Å². The van der Waals surface area contributed by atoms with Gasteiger partial charge in [-0.2, -0.15) is 0 Å². The number of aliphatic carboxylic acids is 1. The molecule has 4 heteroatoms. The molecule has 1 aliphatic carbocycles. The second kappa shape index (κ2) is 9.67. The van der Waals surface area contributed by atoms with Crippen LogP contribution in [0.5, 0.6) is 0 Å². The molecular weight excluding hydrogens is 226 g/mol. The average molecular weight is 250 g/mol. The Kier molecular flexibility index (Phi) is 10.8. The molecule has 0 atom stereocenters. The van der Waals surface area contributed by atoms with Crippen LogP contribution in [-0.2, 0) is 4.79 Å². The molecule has 0 heterocycles. The SMILES string of the molecule is C=CCC1(CN)CCCCC1.CC(=O)O.Cl. The summed E-state index contributed by atoms with van der Waals surface area (Å²) in [4.78, 5) is 9.00. The van der Waals surface area contributed by atoms with E-state index < -0.39 is 5.97 Å². The summed E-state index contributed by atoms with van der Waals surface area (Å²) in [6.45, 7) is 5.72. The fourth-order valence-corrected chi connectivity index (χ4v) is 2.10. The van der Waals surface area contributed by atoms with E-state index in [0.29, 0.717) is 5.41 Å². The molecule has 16 heavy (non-hydrogen) atoms. The minimum absolute atomic E-state index is 0. The van der Waals surface area contributed by atoms with Gasteiger partial charge in [-0.1, -0.05) is 25.3 Å². The monoisotopic (exact) mass is 249 g/mol. The van der Waals surface area contributed by atoms with Gasteiger partial charge < -0.3 is 10.8 Å². The molecule has 1 saturated carbocycles. The Morgan fingerprint density at radius 2 is 1.88 bits per heavy atom. The molecule has 0 unspecified atom stereocenters. The summed E-state index contributed by atoms with van der Waals surface area (Å²) in [5.74, 6) is -0.833. The minimum atomic E-state index is -0.833. The molecule has 1 aliphatic rings. The van der Waals surface area contributed by atoms with Crippen molar-refractivity contribution in [3.8, 4) is 0 Å². The first-order chi connectivity index (χ1) is 7.06. The Labute approximate surface area is 105 Å². The van der Waals surface area contributed by atoms with Crippen LogP contribution < -0.4 is 5.73 Å². The summed E-state index contributed by atoms with van der Waals surface area (Å²) in [5, 5.41) is 7.42. The van der Waals surface area contributed by atoms with Crippen LogP contribution in [0.3, 0.4) is 0 Å². The second-order valence-corrected chi connectivity index (χ2v) is 4.28. The van der Waals surface area contributed by atoms with Gasteiger partial charge >= 0.3 is 0 Å². The molecule has 3 N–H and O–H groups in total. The lowest BCUT2D eigenvalue weighted by atomic mass is 9.72. The molecule has 0 bridgehead atoms. The van der Waals surface area contributed by atoms with E-state index in [1.165, 1.54) is 32.1 Å². The summed E-state index contributed by atoms with van der Waals surface area (Å²) in [6.07, 6.45) is 9.90. The maximum absolute atomic E-state index is 9.00. The highest BCUT2D eigenvalue weighted by molar-refractivity contribution is 5.85. The Morgan fingerprint density at radius 1 is 1.44 bits per heavy atom. The van der Waals surface area contributed by atoms with Gasteiger partial charge in [0.1, 0.15) is 0 Å². The molecule has 0 aliphatic heterocycles. The van der Waals surface area contributed by atoms with Crippen LogP contribution in [0.2, 0.25) is 0 Å². The van der Waals surface area contributed by atoms with Gasteiger partial charge in [-0.05, 0) is 31.2 Å².